The number of likely N-dealkylation sites (N-methyl/N-ethyl adjacent to an activating group) is 1. The van der Waals surface area contributed by atoms with Gasteiger partial charge in [-0.3, -0.25) is 4.90 Å². The first-order valence-electron chi connectivity index (χ1n) is 5.53. The van der Waals surface area contributed by atoms with Crippen molar-refractivity contribution in [1.82, 2.24) is 9.80 Å². The van der Waals surface area contributed by atoms with Gasteiger partial charge in [-0.1, -0.05) is 0 Å². The molecule has 0 aliphatic carbocycles. The third-order valence-corrected chi connectivity index (χ3v) is 3.16. The zero-order chi connectivity index (χ0) is 10.6. The zero-order valence-corrected chi connectivity index (χ0v) is 9.57. The van der Waals surface area contributed by atoms with E-state index in [1.165, 1.54) is 0 Å². The highest BCUT2D eigenvalue weighted by molar-refractivity contribution is 5.49. The minimum Gasteiger partial charge on any atom is -0.303 e. The number of piperazine rings is 1. The van der Waals surface area contributed by atoms with Crippen molar-refractivity contribution in [3.8, 4) is 0 Å². The molecule has 0 radical (unpaired) electrons. The summed E-state index contributed by atoms with van der Waals surface area (Å²) in [6, 6.07) is 1.19. The lowest BCUT2D eigenvalue weighted by atomic mass is 10.1. The summed E-state index contributed by atoms with van der Waals surface area (Å²) < 4.78 is 0. The Bertz CT molecular complexity index is 182. The van der Waals surface area contributed by atoms with Gasteiger partial charge in [-0.2, -0.15) is 0 Å². The molecule has 1 fully saturated rings. The van der Waals surface area contributed by atoms with E-state index in [0.717, 1.165) is 32.3 Å². The molecule has 1 aliphatic rings. The Morgan fingerprint density at radius 3 is 2.71 bits per heavy atom. The van der Waals surface area contributed by atoms with Crippen LogP contribution in [0, 0.1) is 0 Å². The molecule has 0 aromatic rings. The summed E-state index contributed by atoms with van der Waals surface area (Å²) in [5.41, 5.74) is 0. The second kappa shape index (κ2) is 5.47. The van der Waals surface area contributed by atoms with E-state index in [1.807, 2.05) is 0 Å². The summed E-state index contributed by atoms with van der Waals surface area (Å²) in [5.74, 6) is 0. The molecule has 82 valence electrons. The second-order valence-electron chi connectivity index (χ2n) is 4.47. The Morgan fingerprint density at radius 1 is 1.43 bits per heavy atom. The maximum absolute atomic E-state index is 10.3. The molecule has 1 unspecified atom stereocenters. The van der Waals surface area contributed by atoms with Crippen molar-refractivity contribution in [2.75, 3.05) is 26.7 Å². The number of hydrogen-bond donors (Lipinski definition) is 0. The van der Waals surface area contributed by atoms with Gasteiger partial charge in [-0.05, 0) is 27.3 Å². The number of aldehydes is 1. The van der Waals surface area contributed by atoms with E-state index in [4.69, 9.17) is 0 Å². The third-order valence-electron chi connectivity index (χ3n) is 3.16. The minimum absolute atomic E-state index is 0.566. The van der Waals surface area contributed by atoms with Gasteiger partial charge in [0, 0.05) is 38.1 Å². The summed E-state index contributed by atoms with van der Waals surface area (Å²) in [4.78, 5) is 15.2. The van der Waals surface area contributed by atoms with Crippen molar-refractivity contribution in [3.05, 3.63) is 0 Å². The largest absolute Gasteiger partial charge is 0.303 e. The number of nitrogens with zero attached hydrogens (tertiary/aromatic N) is 2. The predicted molar refractivity (Wildman–Crippen MR) is 58.4 cm³/mol. The molecule has 3 heteroatoms. The number of rotatable bonds is 4. The Labute approximate surface area is 87.1 Å². The van der Waals surface area contributed by atoms with Gasteiger partial charge in [0.1, 0.15) is 6.29 Å². The number of carbonyl (C=O) groups is 1. The van der Waals surface area contributed by atoms with Gasteiger partial charge in [-0.15, -0.1) is 0 Å². The van der Waals surface area contributed by atoms with Crippen LogP contribution in [0.25, 0.3) is 0 Å². The molecule has 14 heavy (non-hydrogen) atoms. The summed E-state index contributed by atoms with van der Waals surface area (Å²) in [5, 5.41) is 0. The molecule has 1 saturated heterocycles. The first-order valence-corrected chi connectivity index (χ1v) is 5.53. The van der Waals surface area contributed by atoms with Crippen LogP contribution in [-0.2, 0) is 4.79 Å². The van der Waals surface area contributed by atoms with Crippen LogP contribution in [0.2, 0.25) is 0 Å². The fraction of sp³-hybridized carbons (Fsp3) is 0.909. The van der Waals surface area contributed by atoms with E-state index in [9.17, 15) is 4.79 Å². The molecule has 3 nitrogen and oxygen atoms in total. The van der Waals surface area contributed by atoms with Gasteiger partial charge in [0.2, 0.25) is 0 Å². The highest BCUT2D eigenvalue weighted by Crippen LogP contribution is 2.14. The quantitative estimate of drug-likeness (QED) is 0.629. The topological polar surface area (TPSA) is 23.6 Å². The molecule has 0 aromatic heterocycles. The molecule has 0 aromatic carbocycles. The number of hydrogen-bond acceptors (Lipinski definition) is 3. The average Bonchev–Trinajstić information content (AvgIpc) is 2.16. The lowest BCUT2D eigenvalue weighted by Gasteiger charge is -2.41. The SMILES string of the molecule is CC(C)N1CCN(C)C(CCC=O)C1. The fourth-order valence-corrected chi connectivity index (χ4v) is 2.01. The first-order chi connectivity index (χ1) is 6.65. The van der Waals surface area contributed by atoms with Gasteiger partial charge in [0.15, 0.2) is 0 Å². The zero-order valence-electron chi connectivity index (χ0n) is 9.57. The van der Waals surface area contributed by atoms with Crippen LogP contribution in [0.3, 0.4) is 0 Å². The molecule has 0 N–H and O–H groups in total. The summed E-state index contributed by atoms with van der Waals surface area (Å²) in [6.07, 6.45) is 2.73. The van der Waals surface area contributed by atoms with Crippen molar-refractivity contribution >= 4 is 6.29 Å². The molecule has 1 aliphatic heterocycles. The summed E-state index contributed by atoms with van der Waals surface area (Å²) >= 11 is 0. The molecule has 0 spiro atoms. The van der Waals surface area contributed by atoms with E-state index in [0.29, 0.717) is 18.5 Å². The molecule has 0 amide bonds. The van der Waals surface area contributed by atoms with E-state index in [1.54, 1.807) is 0 Å². The second-order valence-corrected chi connectivity index (χ2v) is 4.47. The van der Waals surface area contributed by atoms with E-state index < -0.39 is 0 Å². The number of carbonyl (C=O) groups excluding carboxylic acids is 1. The van der Waals surface area contributed by atoms with Gasteiger partial charge < -0.3 is 9.69 Å². The Balaban J connectivity index is 2.42. The predicted octanol–water partition coefficient (Wildman–Crippen LogP) is 0.990. The van der Waals surface area contributed by atoms with E-state index in [2.05, 4.69) is 30.7 Å². The molecule has 0 bridgehead atoms. The van der Waals surface area contributed by atoms with Crippen molar-refractivity contribution < 1.29 is 4.79 Å². The van der Waals surface area contributed by atoms with Crippen LogP contribution in [-0.4, -0.2) is 54.9 Å². The first kappa shape index (κ1) is 11.7. The molecule has 0 saturated carbocycles. The van der Waals surface area contributed by atoms with E-state index in [-0.39, 0.29) is 0 Å². The Hall–Kier alpha value is -0.410. The van der Waals surface area contributed by atoms with Crippen molar-refractivity contribution in [3.63, 3.8) is 0 Å². The smallest absolute Gasteiger partial charge is 0.120 e. The van der Waals surface area contributed by atoms with Gasteiger partial charge in [0.25, 0.3) is 0 Å². The molecular formula is C11H22N2O. The highest BCUT2D eigenvalue weighted by Gasteiger charge is 2.24. The summed E-state index contributed by atoms with van der Waals surface area (Å²) in [6.45, 7) is 7.87. The normalized spacial score (nSPS) is 25.6. The van der Waals surface area contributed by atoms with Crippen LogP contribution < -0.4 is 0 Å². The monoisotopic (exact) mass is 198 g/mol. The summed E-state index contributed by atoms with van der Waals surface area (Å²) in [7, 11) is 2.16. The van der Waals surface area contributed by atoms with Crippen molar-refractivity contribution in [2.45, 2.75) is 38.8 Å². The molecule has 1 heterocycles. The van der Waals surface area contributed by atoms with Crippen LogP contribution in [0.15, 0.2) is 0 Å². The van der Waals surface area contributed by atoms with Crippen LogP contribution in [0.4, 0.5) is 0 Å². The Kier molecular flexibility index (Phi) is 4.55. The standard InChI is InChI=1S/C11H22N2O/c1-10(2)13-7-6-12(3)11(9-13)5-4-8-14/h8,10-11H,4-7,9H2,1-3H3. The van der Waals surface area contributed by atoms with Gasteiger partial charge >= 0.3 is 0 Å². The Morgan fingerprint density at radius 2 is 2.14 bits per heavy atom. The molecule has 1 rings (SSSR count). The van der Waals surface area contributed by atoms with E-state index >= 15 is 0 Å². The lowest BCUT2D eigenvalue weighted by molar-refractivity contribution is -0.108. The highest BCUT2D eigenvalue weighted by atomic mass is 16.1. The van der Waals surface area contributed by atoms with Gasteiger partial charge in [0.05, 0.1) is 0 Å². The maximum atomic E-state index is 10.3. The fourth-order valence-electron chi connectivity index (χ4n) is 2.01. The molecular weight excluding hydrogens is 176 g/mol. The maximum Gasteiger partial charge on any atom is 0.120 e. The van der Waals surface area contributed by atoms with Gasteiger partial charge in [-0.25, -0.2) is 0 Å². The third kappa shape index (κ3) is 3.07. The van der Waals surface area contributed by atoms with Crippen LogP contribution >= 0.6 is 0 Å². The van der Waals surface area contributed by atoms with Crippen LogP contribution in [0.5, 0.6) is 0 Å². The van der Waals surface area contributed by atoms with Crippen LogP contribution in [0.1, 0.15) is 26.7 Å². The average molecular weight is 198 g/mol. The van der Waals surface area contributed by atoms with Crippen molar-refractivity contribution in [2.24, 2.45) is 0 Å². The molecule has 1 atom stereocenters. The van der Waals surface area contributed by atoms with Crippen molar-refractivity contribution in [1.29, 1.82) is 0 Å². The lowest BCUT2D eigenvalue weighted by Crippen LogP contribution is -2.53. The minimum atomic E-state index is 0.566.